The number of carbonyl (C=O) groups excluding carboxylic acids is 2. The molecule has 154 valence electrons. The fourth-order valence-electron chi connectivity index (χ4n) is 4.46. The summed E-state index contributed by atoms with van der Waals surface area (Å²) in [5, 5.41) is 3.21. The molecule has 2 atom stereocenters. The Morgan fingerprint density at radius 3 is 2.25 bits per heavy atom. The van der Waals surface area contributed by atoms with E-state index in [1.165, 1.54) is 12.8 Å². The summed E-state index contributed by atoms with van der Waals surface area (Å²) in [7, 11) is 0. The van der Waals surface area contributed by atoms with Gasteiger partial charge in [-0.05, 0) is 51.2 Å². The van der Waals surface area contributed by atoms with Gasteiger partial charge >= 0.3 is 0 Å². The highest BCUT2D eigenvalue weighted by molar-refractivity contribution is 5.94. The third-order valence-corrected chi connectivity index (χ3v) is 6.41. The SMILES string of the molecule is CCC(C)NC(=O)C(C1CCCC1)N1CCN(C(=O)c2ccc(C)cc2)CC1. The maximum absolute atomic E-state index is 13.0. The lowest BCUT2D eigenvalue weighted by Gasteiger charge is -2.41. The van der Waals surface area contributed by atoms with Crippen LogP contribution in [0.2, 0.25) is 0 Å². The topological polar surface area (TPSA) is 52.7 Å². The Kier molecular flexibility index (Phi) is 7.11. The standard InChI is InChI=1S/C23H35N3O2/c1-4-18(3)24-22(27)21(19-7-5-6-8-19)25-13-15-26(16-14-25)23(28)20-11-9-17(2)10-12-20/h9-12,18-19,21H,4-8,13-16H2,1-3H3,(H,24,27). The molecule has 28 heavy (non-hydrogen) atoms. The van der Waals surface area contributed by atoms with Gasteiger partial charge in [0.25, 0.3) is 5.91 Å². The molecule has 5 heteroatoms. The minimum Gasteiger partial charge on any atom is -0.352 e. The molecule has 0 aromatic heterocycles. The number of amides is 2. The molecule has 5 nitrogen and oxygen atoms in total. The molecule has 1 aromatic carbocycles. The Labute approximate surface area is 169 Å². The molecule has 2 amide bonds. The Balaban J connectivity index is 1.63. The molecule has 1 saturated carbocycles. The van der Waals surface area contributed by atoms with Gasteiger partial charge in [-0.3, -0.25) is 14.5 Å². The van der Waals surface area contributed by atoms with Gasteiger partial charge in [0.05, 0.1) is 6.04 Å². The monoisotopic (exact) mass is 385 g/mol. The third kappa shape index (κ3) is 4.93. The third-order valence-electron chi connectivity index (χ3n) is 6.41. The molecular formula is C23H35N3O2. The van der Waals surface area contributed by atoms with E-state index in [9.17, 15) is 9.59 Å². The largest absolute Gasteiger partial charge is 0.352 e. The van der Waals surface area contributed by atoms with Crippen LogP contribution in [0.1, 0.15) is 61.9 Å². The second-order valence-electron chi connectivity index (χ2n) is 8.50. The summed E-state index contributed by atoms with van der Waals surface area (Å²) in [6.45, 7) is 9.12. The van der Waals surface area contributed by atoms with Gasteiger partial charge in [-0.25, -0.2) is 0 Å². The number of benzene rings is 1. The molecule has 1 saturated heterocycles. The summed E-state index contributed by atoms with van der Waals surface area (Å²) in [6, 6.07) is 7.95. The second kappa shape index (κ2) is 9.55. The number of nitrogens with zero attached hydrogens (tertiary/aromatic N) is 2. The fourth-order valence-corrected chi connectivity index (χ4v) is 4.46. The molecule has 2 aliphatic rings. The van der Waals surface area contributed by atoms with Crippen molar-refractivity contribution in [1.29, 1.82) is 0 Å². The van der Waals surface area contributed by atoms with Crippen molar-refractivity contribution in [1.82, 2.24) is 15.1 Å². The first-order chi connectivity index (χ1) is 13.5. The predicted molar refractivity (Wildman–Crippen MR) is 112 cm³/mol. The molecule has 1 aromatic rings. The van der Waals surface area contributed by atoms with E-state index in [2.05, 4.69) is 24.1 Å². The summed E-state index contributed by atoms with van der Waals surface area (Å²) >= 11 is 0. The molecular weight excluding hydrogens is 350 g/mol. The van der Waals surface area contributed by atoms with Crippen molar-refractivity contribution < 1.29 is 9.59 Å². The number of hydrogen-bond donors (Lipinski definition) is 1. The van der Waals surface area contributed by atoms with Gasteiger partial charge in [0.15, 0.2) is 0 Å². The number of carbonyl (C=O) groups is 2. The van der Waals surface area contributed by atoms with Gasteiger partial charge in [0.2, 0.25) is 5.91 Å². The smallest absolute Gasteiger partial charge is 0.253 e. The van der Waals surface area contributed by atoms with E-state index in [1.54, 1.807) is 0 Å². The van der Waals surface area contributed by atoms with Crippen molar-refractivity contribution in [3.8, 4) is 0 Å². The van der Waals surface area contributed by atoms with E-state index in [0.29, 0.717) is 19.0 Å². The Morgan fingerprint density at radius 2 is 1.68 bits per heavy atom. The van der Waals surface area contributed by atoms with Gasteiger partial charge < -0.3 is 10.2 Å². The lowest BCUT2D eigenvalue weighted by atomic mass is 9.94. The maximum atomic E-state index is 13.0. The highest BCUT2D eigenvalue weighted by atomic mass is 16.2. The minimum atomic E-state index is -0.0480. The molecule has 2 unspecified atom stereocenters. The van der Waals surface area contributed by atoms with Crippen LogP contribution < -0.4 is 5.32 Å². The van der Waals surface area contributed by atoms with Crippen LogP contribution in [0.25, 0.3) is 0 Å². The quantitative estimate of drug-likeness (QED) is 0.818. The van der Waals surface area contributed by atoms with Crippen LogP contribution in [0.5, 0.6) is 0 Å². The van der Waals surface area contributed by atoms with E-state index in [-0.39, 0.29) is 23.9 Å². The first-order valence-corrected chi connectivity index (χ1v) is 10.9. The zero-order chi connectivity index (χ0) is 20.1. The summed E-state index contributed by atoms with van der Waals surface area (Å²) in [6.07, 6.45) is 5.68. The van der Waals surface area contributed by atoms with Crippen LogP contribution in [-0.2, 0) is 4.79 Å². The molecule has 0 bridgehead atoms. The number of piperazine rings is 1. The highest BCUT2D eigenvalue weighted by Crippen LogP contribution is 2.31. The molecule has 0 radical (unpaired) electrons. The summed E-state index contributed by atoms with van der Waals surface area (Å²) in [5.74, 6) is 0.726. The zero-order valence-electron chi connectivity index (χ0n) is 17.6. The first kappa shape index (κ1) is 20.8. The predicted octanol–water partition coefficient (Wildman–Crippen LogP) is 3.23. The molecule has 3 rings (SSSR count). The highest BCUT2D eigenvalue weighted by Gasteiger charge is 2.37. The second-order valence-corrected chi connectivity index (χ2v) is 8.50. The first-order valence-electron chi connectivity index (χ1n) is 10.9. The molecule has 1 aliphatic carbocycles. The van der Waals surface area contributed by atoms with E-state index >= 15 is 0 Å². The molecule has 1 N–H and O–H groups in total. The normalized spacial score (nSPS) is 20.8. The summed E-state index contributed by atoms with van der Waals surface area (Å²) < 4.78 is 0. The fraction of sp³-hybridized carbons (Fsp3) is 0.652. The van der Waals surface area contributed by atoms with Crippen LogP contribution in [0.15, 0.2) is 24.3 Å². The number of rotatable bonds is 6. The summed E-state index contributed by atoms with van der Waals surface area (Å²) in [4.78, 5) is 30.1. The Hall–Kier alpha value is -1.88. The average molecular weight is 386 g/mol. The van der Waals surface area contributed by atoms with Gasteiger partial charge in [-0.15, -0.1) is 0 Å². The maximum Gasteiger partial charge on any atom is 0.253 e. The van der Waals surface area contributed by atoms with Crippen LogP contribution >= 0.6 is 0 Å². The van der Waals surface area contributed by atoms with Gasteiger partial charge in [-0.2, -0.15) is 0 Å². The minimum absolute atomic E-state index is 0.0480. The van der Waals surface area contributed by atoms with Crippen LogP contribution in [0.4, 0.5) is 0 Å². The van der Waals surface area contributed by atoms with Crippen molar-refractivity contribution in [3.63, 3.8) is 0 Å². The van der Waals surface area contributed by atoms with E-state index < -0.39 is 0 Å². The lowest BCUT2D eigenvalue weighted by Crippen LogP contribution is -2.58. The molecule has 1 aliphatic heterocycles. The molecule has 0 spiro atoms. The summed E-state index contributed by atoms with van der Waals surface area (Å²) in [5.41, 5.74) is 1.91. The van der Waals surface area contributed by atoms with Gasteiger partial charge in [0, 0.05) is 37.8 Å². The number of aryl methyl sites for hydroxylation is 1. The molecule has 2 fully saturated rings. The zero-order valence-corrected chi connectivity index (χ0v) is 17.6. The van der Waals surface area contributed by atoms with Crippen LogP contribution in [-0.4, -0.2) is 59.9 Å². The van der Waals surface area contributed by atoms with E-state index in [4.69, 9.17) is 0 Å². The van der Waals surface area contributed by atoms with Crippen molar-refractivity contribution >= 4 is 11.8 Å². The van der Waals surface area contributed by atoms with Crippen molar-refractivity contribution in [2.75, 3.05) is 26.2 Å². The number of hydrogen-bond acceptors (Lipinski definition) is 3. The Bertz CT molecular complexity index is 659. The van der Waals surface area contributed by atoms with Crippen molar-refractivity contribution in [2.45, 2.75) is 65.0 Å². The lowest BCUT2D eigenvalue weighted by molar-refractivity contribution is -0.129. The van der Waals surface area contributed by atoms with E-state index in [0.717, 1.165) is 43.5 Å². The average Bonchev–Trinajstić information content (AvgIpc) is 3.23. The van der Waals surface area contributed by atoms with Gasteiger partial charge in [-0.1, -0.05) is 37.5 Å². The number of nitrogens with one attached hydrogen (secondary N) is 1. The van der Waals surface area contributed by atoms with Gasteiger partial charge in [0.1, 0.15) is 0 Å². The van der Waals surface area contributed by atoms with Crippen molar-refractivity contribution in [3.05, 3.63) is 35.4 Å². The van der Waals surface area contributed by atoms with E-state index in [1.807, 2.05) is 36.1 Å². The van der Waals surface area contributed by atoms with Crippen molar-refractivity contribution in [2.24, 2.45) is 5.92 Å². The molecule has 1 heterocycles. The van der Waals surface area contributed by atoms with Crippen LogP contribution in [0.3, 0.4) is 0 Å². The van der Waals surface area contributed by atoms with Crippen LogP contribution in [0, 0.1) is 12.8 Å². The Morgan fingerprint density at radius 1 is 1.07 bits per heavy atom.